The van der Waals surface area contributed by atoms with Gasteiger partial charge < -0.3 is 20.3 Å². The van der Waals surface area contributed by atoms with E-state index in [0.29, 0.717) is 22.4 Å². The molecule has 0 bridgehead atoms. The molecule has 0 saturated carbocycles. The lowest BCUT2D eigenvalue weighted by molar-refractivity contribution is 0.386. The molecule has 0 aliphatic carbocycles. The average molecular weight is 449 g/mol. The summed E-state index contributed by atoms with van der Waals surface area (Å²) in [5, 5.41) is 1.78. The normalized spacial score (nSPS) is 13.1. The molecular weight excluding hydrogens is 425 g/mol. The van der Waals surface area contributed by atoms with E-state index >= 15 is 0 Å². The lowest BCUT2D eigenvalue weighted by Crippen LogP contribution is -2.01. The van der Waals surface area contributed by atoms with Gasteiger partial charge in [-0.1, -0.05) is 31.2 Å². The third-order valence-electron chi connectivity index (χ3n) is 5.44. The zero-order valence-corrected chi connectivity index (χ0v) is 18.7. The van der Waals surface area contributed by atoms with Crippen LogP contribution in [-0.2, 0) is 11.0 Å². The molecule has 0 fully saturated rings. The second-order valence-electron chi connectivity index (χ2n) is 7.80. The molecule has 0 aliphatic rings. The number of rotatable bonds is 6. The third-order valence-corrected chi connectivity index (χ3v) is 5.97. The van der Waals surface area contributed by atoms with Gasteiger partial charge in [-0.2, -0.15) is 0 Å². The van der Waals surface area contributed by atoms with E-state index in [2.05, 4.69) is 35.1 Å². The minimum atomic E-state index is -4.23. The average Bonchev–Trinajstić information content (AvgIpc) is 2.77. The Morgan fingerprint density at radius 2 is 1.88 bits per heavy atom. The minimum absolute atomic E-state index is 0.232. The number of pyridine rings is 2. The smallest absolute Gasteiger partial charge is 0.349 e. The van der Waals surface area contributed by atoms with Crippen molar-refractivity contribution >= 4 is 41.3 Å². The number of benzene rings is 2. The summed E-state index contributed by atoms with van der Waals surface area (Å²) in [7, 11) is -2.58. The van der Waals surface area contributed by atoms with Crippen LogP contribution in [0.4, 0.5) is 5.82 Å². The summed E-state index contributed by atoms with van der Waals surface area (Å²) in [6.45, 7) is 2.16. The second kappa shape index (κ2) is 8.71. The van der Waals surface area contributed by atoms with Crippen molar-refractivity contribution in [2.75, 3.05) is 12.8 Å². The number of fused-ring (bicyclic) bond motifs is 3. The van der Waals surface area contributed by atoms with E-state index in [4.69, 9.17) is 20.3 Å². The van der Waals surface area contributed by atoms with Gasteiger partial charge in [0, 0.05) is 22.8 Å². The molecule has 7 nitrogen and oxygen atoms in total. The Labute approximate surface area is 185 Å². The SMILES string of the molecule is COc1ccc(CC(C)c2cnc3c(N)nc4cc(C=CP(=O)(O)O)ccc4c3c2)cc1. The van der Waals surface area contributed by atoms with Crippen LogP contribution in [0.3, 0.4) is 0 Å². The number of nitrogens with zero attached hydrogens (tertiary/aromatic N) is 2. The Bertz CT molecular complexity index is 1360. The van der Waals surface area contributed by atoms with Gasteiger partial charge in [-0.25, -0.2) is 4.98 Å². The lowest BCUT2D eigenvalue weighted by atomic mass is 9.93. The Kier molecular flexibility index (Phi) is 5.98. The van der Waals surface area contributed by atoms with Crippen LogP contribution < -0.4 is 10.5 Å². The highest BCUT2D eigenvalue weighted by atomic mass is 31.2. The molecule has 1 atom stereocenters. The van der Waals surface area contributed by atoms with Crippen LogP contribution in [0.2, 0.25) is 0 Å². The highest BCUT2D eigenvalue weighted by molar-refractivity contribution is 7.55. The minimum Gasteiger partial charge on any atom is -0.497 e. The molecule has 1 unspecified atom stereocenters. The van der Waals surface area contributed by atoms with E-state index < -0.39 is 7.60 Å². The van der Waals surface area contributed by atoms with Gasteiger partial charge in [-0.05, 0) is 59.4 Å². The summed E-state index contributed by atoms with van der Waals surface area (Å²) >= 11 is 0. The van der Waals surface area contributed by atoms with Crippen LogP contribution in [-0.4, -0.2) is 26.9 Å². The van der Waals surface area contributed by atoms with Crippen molar-refractivity contribution in [3.63, 3.8) is 0 Å². The van der Waals surface area contributed by atoms with Crippen LogP contribution in [0, 0.1) is 0 Å². The summed E-state index contributed by atoms with van der Waals surface area (Å²) in [5.41, 5.74) is 10.4. The number of hydrogen-bond acceptors (Lipinski definition) is 5. The van der Waals surface area contributed by atoms with Crippen LogP contribution >= 0.6 is 7.60 Å². The standard InChI is InChI=1S/C24H24N3O4P/c1-15(11-16-3-6-19(31-2)7-4-16)18-13-21-20-8-5-17(9-10-32(28,29)30)12-22(20)27-24(25)23(21)26-14-18/h3-10,12-15H,11H2,1-2H3,(H2,25,27)(H2,28,29,30). The molecule has 32 heavy (non-hydrogen) atoms. The molecule has 4 rings (SSSR count). The molecule has 0 radical (unpaired) electrons. The number of nitrogen functional groups attached to an aromatic ring is 1. The Morgan fingerprint density at radius 1 is 1.12 bits per heavy atom. The van der Waals surface area contributed by atoms with E-state index in [0.717, 1.165) is 34.3 Å². The van der Waals surface area contributed by atoms with Crippen molar-refractivity contribution < 1.29 is 19.1 Å². The monoisotopic (exact) mass is 449 g/mol. The zero-order chi connectivity index (χ0) is 22.9. The highest BCUT2D eigenvalue weighted by Gasteiger charge is 2.13. The fraction of sp³-hybridized carbons (Fsp3) is 0.167. The van der Waals surface area contributed by atoms with Gasteiger partial charge in [0.2, 0.25) is 0 Å². The summed E-state index contributed by atoms with van der Waals surface area (Å²) in [4.78, 5) is 27.2. The number of hydrogen-bond donors (Lipinski definition) is 3. The van der Waals surface area contributed by atoms with Gasteiger partial charge in [0.05, 0.1) is 12.6 Å². The van der Waals surface area contributed by atoms with Crippen molar-refractivity contribution in [2.24, 2.45) is 0 Å². The predicted molar refractivity (Wildman–Crippen MR) is 128 cm³/mol. The van der Waals surface area contributed by atoms with Crippen LogP contribution in [0.5, 0.6) is 5.75 Å². The van der Waals surface area contributed by atoms with Gasteiger partial charge >= 0.3 is 7.60 Å². The summed E-state index contributed by atoms with van der Waals surface area (Å²) in [6, 6.07) is 15.6. The van der Waals surface area contributed by atoms with Crippen molar-refractivity contribution in [1.29, 1.82) is 0 Å². The number of anilines is 1. The predicted octanol–water partition coefficient (Wildman–Crippen LogP) is 4.87. The number of ether oxygens (including phenoxy) is 1. The Balaban J connectivity index is 1.71. The van der Waals surface area contributed by atoms with E-state index in [1.54, 1.807) is 19.2 Å². The fourth-order valence-corrected chi connectivity index (χ4v) is 4.10. The van der Waals surface area contributed by atoms with Crippen LogP contribution in [0.25, 0.3) is 27.9 Å². The van der Waals surface area contributed by atoms with Gasteiger partial charge in [0.1, 0.15) is 11.3 Å². The Hall–Kier alpha value is -3.25. The van der Waals surface area contributed by atoms with Crippen LogP contribution in [0.15, 0.2) is 60.5 Å². The quantitative estimate of drug-likeness (QED) is 0.284. The first-order chi connectivity index (χ1) is 15.2. The maximum Gasteiger partial charge on any atom is 0.349 e. The first-order valence-corrected chi connectivity index (χ1v) is 11.8. The van der Waals surface area contributed by atoms with E-state index in [1.807, 2.05) is 24.4 Å². The zero-order valence-electron chi connectivity index (χ0n) is 17.8. The summed E-state index contributed by atoms with van der Waals surface area (Å²) < 4.78 is 16.3. The van der Waals surface area contributed by atoms with Crippen molar-refractivity contribution in [2.45, 2.75) is 19.3 Å². The molecule has 2 heterocycles. The fourth-order valence-electron chi connectivity index (χ4n) is 3.73. The molecule has 8 heteroatoms. The largest absolute Gasteiger partial charge is 0.497 e. The van der Waals surface area contributed by atoms with Gasteiger partial charge in [0.25, 0.3) is 0 Å². The van der Waals surface area contributed by atoms with Gasteiger partial charge in [-0.15, -0.1) is 0 Å². The van der Waals surface area contributed by atoms with Crippen molar-refractivity contribution in [1.82, 2.24) is 9.97 Å². The third kappa shape index (κ3) is 4.81. The van der Waals surface area contributed by atoms with Gasteiger partial charge in [0.15, 0.2) is 5.82 Å². The van der Waals surface area contributed by atoms with Crippen molar-refractivity contribution in [3.05, 3.63) is 77.2 Å². The topological polar surface area (TPSA) is 119 Å². The summed E-state index contributed by atoms with van der Waals surface area (Å²) in [5.74, 6) is 2.26. The van der Waals surface area contributed by atoms with E-state index in [-0.39, 0.29) is 5.92 Å². The number of aromatic nitrogens is 2. The molecule has 0 saturated heterocycles. The molecule has 4 aromatic rings. The molecule has 2 aromatic carbocycles. The van der Waals surface area contributed by atoms with E-state index in [9.17, 15) is 4.57 Å². The molecule has 4 N–H and O–H groups in total. The maximum absolute atomic E-state index is 11.1. The number of methoxy groups -OCH3 is 1. The van der Waals surface area contributed by atoms with Crippen molar-refractivity contribution in [3.8, 4) is 5.75 Å². The number of nitrogens with two attached hydrogens (primary N) is 1. The molecule has 0 amide bonds. The Morgan fingerprint density at radius 3 is 2.56 bits per heavy atom. The first-order valence-electron chi connectivity index (χ1n) is 10.1. The first kappa shape index (κ1) is 22.0. The lowest BCUT2D eigenvalue weighted by Gasteiger charge is -2.14. The molecule has 164 valence electrons. The molecule has 2 aromatic heterocycles. The molecule has 0 aliphatic heterocycles. The van der Waals surface area contributed by atoms with Gasteiger partial charge in [-0.3, -0.25) is 9.55 Å². The highest BCUT2D eigenvalue weighted by Crippen LogP contribution is 2.37. The van der Waals surface area contributed by atoms with E-state index in [1.165, 1.54) is 11.6 Å². The van der Waals surface area contributed by atoms with Crippen LogP contribution in [0.1, 0.15) is 29.5 Å². The second-order valence-corrected chi connectivity index (χ2v) is 9.27. The summed E-state index contributed by atoms with van der Waals surface area (Å²) in [6.07, 6.45) is 4.08. The molecular formula is C24H24N3O4P. The maximum atomic E-state index is 11.1. The molecule has 0 spiro atoms.